The van der Waals surface area contributed by atoms with Gasteiger partial charge < -0.3 is 4.90 Å². The molecule has 0 atom stereocenters. The quantitative estimate of drug-likeness (QED) is 0.153. The molecule has 0 aliphatic rings. The molecule has 0 saturated heterocycles. The molecule has 0 spiro atoms. The molecule has 0 aromatic heterocycles. The molecule has 0 aliphatic carbocycles. The lowest BCUT2D eigenvalue weighted by Crippen LogP contribution is -2.07. The van der Waals surface area contributed by atoms with Crippen LogP contribution in [0.25, 0.3) is 0 Å². The molecular weight excluding hydrogens is 280 g/mol. The van der Waals surface area contributed by atoms with Crippen LogP contribution in [-0.2, 0) is 0 Å². The van der Waals surface area contributed by atoms with Gasteiger partial charge in [0.25, 0.3) is 0 Å². The molecule has 0 aromatic carbocycles. The number of hydrogen-bond donors (Lipinski definition) is 0. The molecule has 138 valence electrons. The first kappa shape index (κ1) is 22.5. The van der Waals surface area contributed by atoms with Crippen molar-refractivity contribution in [2.45, 2.75) is 110 Å². The van der Waals surface area contributed by atoms with Gasteiger partial charge in [-0.2, -0.15) is 0 Å². The molecular formula is C21H44N2. The maximum Gasteiger partial charge on any atom is 0.0844 e. The summed E-state index contributed by atoms with van der Waals surface area (Å²) in [5.74, 6) is 0. The first-order valence-electron chi connectivity index (χ1n) is 10.4. The second-order valence-electron chi connectivity index (χ2n) is 7.29. The van der Waals surface area contributed by atoms with Crippen molar-refractivity contribution in [2.24, 2.45) is 4.99 Å². The lowest BCUT2D eigenvalue weighted by Gasteiger charge is -2.04. The maximum absolute atomic E-state index is 4.38. The first-order chi connectivity index (χ1) is 11.3. The van der Waals surface area contributed by atoms with Crippen molar-refractivity contribution in [1.29, 1.82) is 0 Å². The summed E-state index contributed by atoms with van der Waals surface area (Å²) in [6.45, 7) is 3.29. The Morgan fingerprint density at radius 2 is 0.913 bits per heavy atom. The van der Waals surface area contributed by atoms with Gasteiger partial charge >= 0.3 is 0 Å². The molecule has 23 heavy (non-hydrogen) atoms. The fourth-order valence-electron chi connectivity index (χ4n) is 2.97. The summed E-state index contributed by atoms with van der Waals surface area (Å²) in [7, 11) is 4.05. The fourth-order valence-corrected chi connectivity index (χ4v) is 2.97. The van der Waals surface area contributed by atoms with Crippen LogP contribution in [0.15, 0.2) is 4.99 Å². The summed E-state index contributed by atoms with van der Waals surface area (Å²) in [6.07, 6.45) is 24.8. The van der Waals surface area contributed by atoms with E-state index in [2.05, 4.69) is 11.9 Å². The third kappa shape index (κ3) is 21.5. The summed E-state index contributed by atoms with van der Waals surface area (Å²) in [5, 5.41) is 0. The molecule has 2 heteroatoms. The number of rotatable bonds is 18. The molecule has 0 aliphatic heterocycles. The first-order valence-corrected chi connectivity index (χ1v) is 10.4. The van der Waals surface area contributed by atoms with Crippen molar-refractivity contribution < 1.29 is 0 Å². The highest BCUT2D eigenvalue weighted by Crippen LogP contribution is 2.13. The van der Waals surface area contributed by atoms with Gasteiger partial charge in [-0.05, 0) is 6.42 Å². The van der Waals surface area contributed by atoms with Gasteiger partial charge in [-0.1, -0.05) is 103 Å². The van der Waals surface area contributed by atoms with E-state index in [0.717, 1.165) is 6.54 Å². The van der Waals surface area contributed by atoms with Crippen LogP contribution in [0.3, 0.4) is 0 Å². The third-order valence-electron chi connectivity index (χ3n) is 4.45. The van der Waals surface area contributed by atoms with Gasteiger partial charge in [-0.25, -0.2) is 0 Å². The second-order valence-corrected chi connectivity index (χ2v) is 7.29. The minimum absolute atomic E-state index is 0.997. The highest BCUT2D eigenvalue weighted by atomic mass is 15.1. The van der Waals surface area contributed by atoms with Crippen LogP contribution in [0.4, 0.5) is 0 Å². The summed E-state index contributed by atoms with van der Waals surface area (Å²) in [5.41, 5.74) is 0. The van der Waals surface area contributed by atoms with Crippen molar-refractivity contribution in [3.8, 4) is 0 Å². The molecule has 0 rings (SSSR count). The van der Waals surface area contributed by atoms with E-state index >= 15 is 0 Å². The second kappa shape index (κ2) is 19.5. The number of hydrogen-bond acceptors (Lipinski definition) is 1. The minimum atomic E-state index is 0.997. The van der Waals surface area contributed by atoms with Gasteiger partial charge in [0.1, 0.15) is 0 Å². The smallest absolute Gasteiger partial charge is 0.0844 e. The monoisotopic (exact) mass is 324 g/mol. The van der Waals surface area contributed by atoms with E-state index in [1.54, 1.807) is 0 Å². The minimum Gasteiger partial charge on any atom is -0.369 e. The Balaban J connectivity index is 3.00. The highest BCUT2D eigenvalue weighted by Gasteiger charge is 1.94. The summed E-state index contributed by atoms with van der Waals surface area (Å²) in [4.78, 5) is 6.38. The van der Waals surface area contributed by atoms with Crippen LogP contribution in [0, 0.1) is 0 Å². The van der Waals surface area contributed by atoms with E-state index in [4.69, 9.17) is 0 Å². The van der Waals surface area contributed by atoms with Crippen LogP contribution in [0.2, 0.25) is 0 Å². The summed E-state index contributed by atoms with van der Waals surface area (Å²) >= 11 is 0. The lowest BCUT2D eigenvalue weighted by atomic mass is 10.0. The molecule has 0 aromatic rings. The van der Waals surface area contributed by atoms with Crippen LogP contribution < -0.4 is 0 Å². The predicted molar refractivity (Wildman–Crippen MR) is 107 cm³/mol. The van der Waals surface area contributed by atoms with Gasteiger partial charge in [-0.3, -0.25) is 4.99 Å². The summed E-state index contributed by atoms with van der Waals surface area (Å²) in [6, 6.07) is 0. The lowest BCUT2D eigenvalue weighted by molar-refractivity contribution is 0.530. The molecule has 0 saturated carbocycles. The van der Waals surface area contributed by atoms with E-state index in [9.17, 15) is 0 Å². The molecule has 0 bridgehead atoms. The van der Waals surface area contributed by atoms with Crippen molar-refractivity contribution in [3.05, 3.63) is 0 Å². The van der Waals surface area contributed by atoms with Gasteiger partial charge in [0.05, 0.1) is 6.34 Å². The molecule has 0 amide bonds. The van der Waals surface area contributed by atoms with Crippen LogP contribution in [0.5, 0.6) is 0 Å². The maximum atomic E-state index is 4.38. The highest BCUT2D eigenvalue weighted by molar-refractivity contribution is 5.53. The van der Waals surface area contributed by atoms with E-state index in [1.165, 1.54) is 103 Å². The Morgan fingerprint density at radius 1 is 0.565 bits per heavy atom. The molecule has 0 fully saturated rings. The van der Waals surface area contributed by atoms with Gasteiger partial charge in [0.15, 0.2) is 0 Å². The number of unbranched alkanes of at least 4 members (excludes halogenated alkanes) is 15. The van der Waals surface area contributed by atoms with Gasteiger partial charge in [-0.15, -0.1) is 0 Å². The fraction of sp³-hybridized carbons (Fsp3) is 0.952. The average Bonchev–Trinajstić information content (AvgIpc) is 2.53. The number of aliphatic imine (C=N–C) groups is 1. The Hall–Kier alpha value is -0.530. The largest absolute Gasteiger partial charge is 0.369 e. The molecule has 0 radical (unpaired) electrons. The molecule has 0 unspecified atom stereocenters. The Morgan fingerprint density at radius 3 is 1.26 bits per heavy atom. The molecule has 0 heterocycles. The van der Waals surface area contributed by atoms with Crippen molar-refractivity contribution in [2.75, 3.05) is 20.6 Å². The summed E-state index contributed by atoms with van der Waals surface area (Å²) < 4.78 is 0. The number of nitrogens with zero attached hydrogens (tertiary/aromatic N) is 2. The zero-order valence-corrected chi connectivity index (χ0v) is 16.5. The predicted octanol–water partition coefficient (Wildman–Crippen LogP) is 6.84. The third-order valence-corrected chi connectivity index (χ3v) is 4.45. The zero-order chi connectivity index (χ0) is 17.0. The Kier molecular flexibility index (Phi) is 19.1. The van der Waals surface area contributed by atoms with Gasteiger partial charge in [0, 0.05) is 20.6 Å². The van der Waals surface area contributed by atoms with Gasteiger partial charge in [0.2, 0.25) is 0 Å². The van der Waals surface area contributed by atoms with E-state index < -0.39 is 0 Å². The Labute approximate surface area is 147 Å². The van der Waals surface area contributed by atoms with Crippen molar-refractivity contribution in [3.63, 3.8) is 0 Å². The van der Waals surface area contributed by atoms with Crippen molar-refractivity contribution in [1.82, 2.24) is 4.90 Å². The van der Waals surface area contributed by atoms with Crippen LogP contribution in [-0.4, -0.2) is 31.9 Å². The topological polar surface area (TPSA) is 15.6 Å². The average molecular weight is 325 g/mol. The normalized spacial score (nSPS) is 11.4. The van der Waals surface area contributed by atoms with Crippen LogP contribution >= 0.6 is 0 Å². The molecule has 2 nitrogen and oxygen atoms in total. The van der Waals surface area contributed by atoms with E-state index in [0.29, 0.717) is 0 Å². The van der Waals surface area contributed by atoms with E-state index in [-0.39, 0.29) is 0 Å². The molecule has 0 N–H and O–H groups in total. The van der Waals surface area contributed by atoms with E-state index in [1.807, 2.05) is 25.3 Å². The Bertz CT molecular complexity index is 236. The standard InChI is InChI=1S/C21H44N2/c1-4-5-6-7-8-9-10-11-12-13-14-15-16-17-18-19-20-22-21-23(2)3/h21H,4-20H2,1-3H3/b22-21-. The zero-order valence-electron chi connectivity index (χ0n) is 16.5. The van der Waals surface area contributed by atoms with Crippen LogP contribution in [0.1, 0.15) is 110 Å². The SMILES string of the molecule is CCCCCCCCCCCCCCCCCC/N=C\N(C)C. The van der Waals surface area contributed by atoms with Crippen molar-refractivity contribution >= 4 is 6.34 Å².